The second-order valence-corrected chi connectivity index (χ2v) is 4.17. The molecule has 3 aromatic rings. The van der Waals surface area contributed by atoms with Crippen molar-refractivity contribution in [3.05, 3.63) is 53.4 Å². The zero-order chi connectivity index (χ0) is 13.8. The Balaban J connectivity index is 1.84. The maximum Gasteiger partial charge on any atom is 0.219 e. The van der Waals surface area contributed by atoms with Crippen LogP contribution in [0.1, 0.15) is 5.76 Å². The van der Waals surface area contributed by atoms with Gasteiger partial charge in [0.2, 0.25) is 10.6 Å². The summed E-state index contributed by atoms with van der Waals surface area (Å²) in [6.45, 7) is 0. The summed E-state index contributed by atoms with van der Waals surface area (Å²) in [6.07, 6.45) is 8.31. The lowest BCUT2D eigenvalue weighted by Gasteiger charge is -1.95. The van der Waals surface area contributed by atoms with Gasteiger partial charge in [-0.25, -0.2) is 5.10 Å². The minimum absolute atomic E-state index is 0.388. The minimum atomic E-state index is 0.388. The van der Waals surface area contributed by atoms with Gasteiger partial charge < -0.3 is 8.83 Å². The second-order valence-electron chi connectivity index (χ2n) is 3.78. The van der Waals surface area contributed by atoms with Crippen molar-refractivity contribution in [3.63, 3.8) is 0 Å². The van der Waals surface area contributed by atoms with Gasteiger partial charge in [0.1, 0.15) is 5.76 Å². The van der Waals surface area contributed by atoms with Crippen LogP contribution in [0.4, 0.5) is 0 Å². The van der Waals surface area contributed by atoms with Crippen molar-refractivity contribution in [3.8, 4) is 11.6 Å². The first-order chi connectivity index (χ1) is 9.84. The summed E-state index contributed by atoms with van der Waals surface area (Å²) in [5, 5.41) is 11.0. The maximum absolute atomic E-state index is 5.28. The van der Waals surface area contributed by atoms with Gasteiger partial charge in [-0.1, -0.05) is 0 Å². The molecule has 0 atom stereocenters. The lowest BCUT2D eigenvalue weighted by atomic mass is 10.4. The summed E-state index contributed by atoms with van der Waals surface area (Å²) in [4.78, 5) is 0. The molecule has 1 N–H and O–H groups in total. The summed E-state index contributed by atoms with van der Waals surface area (Å²) in [5.74, 6) is 1.85. The Bertz CT molecular complexity index is 779. The molecule has 6 nitrogen and oxygen atoms in total. The Morgan fingerprint density at radius 1 is 1.25 bits per heavy atom. The van der Waals surface area contributed by atoms with E-state index in [0.29, 0.717) is 16.4 Å². The number of aromatic nitrogens is 3. The van der Waals surface area contributed by atoms with Crippen LogP contribution in [-0.4, -0.2) is 21.1 Å². The number of furan rings is 2. The highest BCUT2D eigenvalue weighted by molar-refractivity contribution is 7.71. The molecule has 3 rings (SSSR count). The van der Waals surface area contributed by atoms with Gasteiger partial charge in [-0.05, 0) is 48.6 Å². The SMILES string of the molecule is S=c1[nH]nc(-c2ccco2)n1N=C/C=C/c1ccco1. The molecule has 3 aromatic heterocycles. The molecule has 0 fully saturated rings. The molecular weight excluding hydrogens is 276 g/mol. The van der Waals surface area contributed by atoms with E-state index in [1.807, 2.05) is 12.1 Å². The molecule has 3 heterocycles. The third-order valence-electron chi connectivity index (χ3n) is 2.46. The van der Waals surface area contributed by atoms with Crippen LogP contribution in [0.3, 0.4) is 0 Å². The van der Waals surface area contributed by atoms with Crippen LogP contribution in [0.2, 0.25) is 0 Å². The predicted molar refractivity (Wildman–Crippen MR) is 76.7 cm³/mol. The molecule has 0 saturated heterocycles. The third-order valence-corrected chi connectivity index (χ3v) is 2.73. The van der Waals surface area contributed by atoms with Crippen LogP contribution in [0.15, 0.2) is 56.8 Å². The van der Waals surface area contributed by atoms with Crippen molar-refractivity contribution in [2.45, 2.75) is 0 Å². The van der Waals surface area contributed by atoms with Crippen molar-refractivity contribution in [1.29, 1.82) is 0 Å². The number of H-pyrrole nitrogens is 1. The molecule has 0 bridgehead atoms. The average Bonchev–Trinajstić information content (AvgIpc) is 3.17. The number of aromatic amines is 1. The highest BCUT2D eigenvalue weighted by Gasteiger charge is 2.09. The van der Waals surface area contributed by atoms with Crippen LogP contribution in [-0.2, 0) is 0 Å². The lowest BCUT2D eigenvalue weighted by molar-refractivity contribution is 0.557. The van der Waals surface area contributed by atoms with Gasteiger partial charge in [0.05, 0.1) is 12.5 Å². The largest absolute Gasteiger partial charge is 0.465 e. The van der Waals surface area contributed by atoms with E-state index in [0.717, 1.165) is 5.76 Å². The fourth-order valence-corrected chi connectivity index (χ4v) is 1.77. The molecule has 0 unspecified atom stereocenters. The topological polar surface area (TPSA) is 72.2 Å². The van der Waals surface area contributed by atoms with Gasteiger partial charge in [-0.3, -0.25) is 0 Å². The van der Waals surface area contributed by atoms with Crippen molar-refractivity contribution >= 4 is 24.5 Å². The molecule has 0 saturated carbocycles. The first-order valence-corrected chi connectivity index (χ1v) is 6.21. The van der Waals surface area contributed by atoms with E-state index in [4.69, 9.17) is 21.1 Å². The zero-order valence-corrected chi connectivity index (χ0v) is 11.1. The normalized spacial score (nSPS) is 11.8. The minimum Gasteiger partial charge on any atom is -0.465 e. The number of hydrogen-bond acceptors (Lipinski definition) is 5. The van der Waals surface area contributed by atoms with Gasteiger partial charge in [0.15, 0.2) is 5.76 Å². The van der Waals surface area contributed by atoms with E-state index >= 15 is 0 Å². The molecule has 0 aromatic carbocycles. The summed E-state index contributed by atoms with van der Waals surface area (Å²) < 4.78 is 12.3. The Morgan fingerprint density at radius 2 is 2.10 bits per heavy atom. The summed E-state index contributed by atoms with van der Waals surface area (Å²) >= 11 is 5.12. The van der Waals surface area contributed by atoms with Gasteiger partial charge in [0.25, 0.3) is 0 Å². The summed E-state index contributed by atoms with van der Waals surface area (Å²) in [5.41, 5.74) is 0. The molecule has 0 spiro atoms. The van der Waals surface area contributed by atoms with Crippen LogP contribution in [0.5, 0.6) is 0 Å². The third kappa shape index (κ3) is 2.52. The Morgan fingerprint density at radius 3 is 2.85 bits per heavy atom. The van der Waals surface area contributed by atoms with Crippen LogP contribution >= 0.6 is 12.2 Å². The molecule has 7 heteroatoms. The van der Waals surface area contributed by atoms with E-state index in [9.17, 15) is 0 Å². The summed E-state index contributed by atoms with van der Waals surface area (Å²) in [7, 11) is 0. The van der Waals surface area contributed by atoms with Gasteiger partial charge in [0, 0.05) is 6.21 Å². The van der Waals surface area contributed by atoms with E-state index < -0.39 is 0 Å². The summed E-state index contributed by atoms with van der Waals surface area (Å²) in [6, 6.07) is 7.23. The molecular formula is C13H10N4O2S. The maximum atomic E-state index is 5.28. The molecule has 0 amide bonds. The number of hydrogen-bond donors (Lipinski definition) is 1. The Labute approximate surface area is 119 Å². The van der Waals surface area contributed by atoms with E-state index in [-0.39, 0.29) is 0 Å². The lowest BCUT2D eigenvalue weighted by Crippen LogP contribution is -1.92. The number of nitrogens with one attached hydrogen (secondary N) is 1. The van der Waals surface area contributed by atoms with Crippen LogP contribution in [0.25, 0.3) is 17.7 Å². The Hall–Kier alpha value is -2.67. The van der Waals surface area contributed by atoms with E-state index in [1.165, 1.54) is 4.68 Å². The van der Waals surface area contributed by atoms with Crippen molar-refractivity contribution in [2.75, 3.05) is 0 Å². The molecule has 100 valence electrons. The highest BCUT2D eigenvalue weighted by atomic mass is 32.1. The molecule has 0 aliphatic heterocycles. The second kappa shape index (κ2) is 5.54. The first kappa shape index (κ1) is 12.4. The standard InChI is InChI=1S/C13H10N4O2S/c20-13-16-15-12(11-6-3-9-19-11)17(13)14-7-1-4-10-5-2-8-18-10/h1-9H,(H,16,20)/b4-1+,14-7?. The number of nitrogens with zero attached hydrogens (tertiary/aromatic N) is 3. The van der Waals surface area contributed by atoms with E-state index in [1.54, 1.807) is 43.0 Å². The van der Waals surface area contributed by atoms with Crippen LogP contribution in [0, 0.1) is 4.77 Å². The van der Waals surface area contributed by atoms with Gasteiger partial charge in [-0.2, -0.15) is 9.78 Å². The molecule has 0 aliphatic carbocycles. The predicted octanol–water partition coefficient (Wildman–Crippen LogP) is 3.34. The quantitative estimate of drug-likeness (QED) is 0.589. The van der Waals surface area contributed by atoms with Crippen molar-refractivity contribution < 1.29 is 8.83 Å². The molecule has 0 radical (unpaired) electrons. The van der Waals surface area contributed by atoms with Crippen LogP contribution < -0.4 is 0 Å². The fraction of sp³-hybridized carbons (Fsp3) is 0. The zero-order valence-electron chi connectivity index (χ0n) is 10.3. The highest BCUT2D eigenvalue weighted by Crippen LogP contribution is 2.17. The van der Waals surface area contributed by atoms with Crippen molar-refractivity contribution in [1.82, 2.24) is 14.9 Å². The number of rotatable bonds is 4. The number of allylic oxidation sites excluding steroid dienone is 1. The smallest absolute Gasteiger partial charge is 0.219 e. The average molecular weight is 286 g/mol. The van der Waals surface area contributed by atoms with Crippen molar-refractivity contribution in [2.24, 2.45) is 5.10 Å². The first-order valence-electron chi connectivity index (χ1n) is 5.80. The van der Waals surface area contributed by atoms with Gasteiger partial charge in [-0.15, -0.1) is 5.10 Å². The van der Waals surface area contributed by atoms with E-state index in [2.05, 4.69) is 15.3 Å². The molecule has 20 heavy (non-hydrogen) atoms. The fourth-order valence-electron chi connectivity index (χ4n) is 1.59. The monoisotopic (exact) mass is 286 g/mol. The van der Waals surface area contributed by atoms with Gasteiger partial charge >= 0.3 is 0 Å². The Kier molecular flexibility index (Phi) is 3.42. The molecule has 0 aliphatic rings.